The van der Waals surface area contributed by atoms with Gasteiger partial charge in [-0.3, -0.25) is 13.2 Å². The first-order chi connectivity index (χ1) is 26.1. The van der Waals surface area contributed by atoms with Crippen molar-refractivity contribution in [1.82, 2.24) is 0 Å². The van der Waals surface area contributed by atoms with Crippen molar-refractivity contribution in [3.63, 3.8) is 0 Å². The van der Waals surface area contributed by atoms with E-state index in [2.05, 4.69) is 44.6 Å². The van der Waals surface area contributed by atoms with Crippen LogP contribution < -0.4 is 30.7 Å². The Balaban J connectivity index is 0.000000294. The normalized spacial score (nSPS) is 11.6. The fraction of sp³-hybridized carbons (Fsp3) is 0.333. The molecular weight excluding hydrogens is 729 g/mol. The maximum Gasteiger partial charge on any atom is 0.335 e. The molecule has 0 saturated carbocycles. The lowest BCUT2D eigenvalue weighted by atomic mass is 10.0. The Morgan fingerprint density at radius 1 is 0.593 bits per heavy atom. The smallest absolute Gasteiger partial charge is 0.335 e. The number of carboxylic acid groups (broad SMARTS) is 1. The summed E-state index contributed by atoms with van der Waals surface area (Å²) in [6.45, 7) is 7.62. The Labute approximate surface area is 323 Å². The number of Topliss-reactive ketones (excluding diaryl/α,β-unsaturated/α-hetero) is 1. The fourth-order valence-electron chi connectivity index (χ4n) is 5.27. The Hall–Kier alpha value is -4.96. The predicted molar refractivity (Wildman–Crippen MR) is 220 cm³/mol. The lowest BCUT2D eigenvalue weighted by Crippen LogP contribution is -2.11. The molecule has 292 valence electrons. The standard InChI is InChI=1S/C22H31N3O3S.C17H21N3O4S/c1-3-5-8-13-21(26)17-15-19(23-14-6-4-2)22(20(16-17)25-29(27)28)24-18-11-9-7-10-12-18;1-2-3-9-18-14-10-12(17(21)22)11-15(20-25(23)24)16(14)19-13-7-5-4-6-8-13/h7,9-12,15-16,23-25H,3-6,8,13-14H2,1-2H3,(H,27,28);4-8,10-11,18-20H,2-3,9H2,1H3,(H,21,22)(H,23,24)/p-2. The molecule has 4 rings (SSSR count). The average Bonchev–Trinajstić information content (AvgIpc) is 3.14. The van der Waals surface area contributed by atoms with Gasteiger partial charge in [0.2, 0.25) is 0 Å². The van der Waals surface area contributed by atoms with Crippen LogP contribution in [0.1, 0.15) is 92.9 Å². The highest BCUT2D eigenvalue weighted by atomic mass is 32.2. The lowest BCUT2D eigenvalue weighted by molar-refractivity contribution is 0.0696. The average molecular weight is 779 g/mol. The minimum Gasteiger partial charge on any atom is -0.755 e. The number of carboxylic acids is 1. The van der Waals surface area contributed by atoms with E-state index in [0.29, 0.717) is 47.0 Å². The van der Waals surface area contributed by atoms with Crippen LogP contribution in [-0.2, 0) is 22.5 Å². The van der Waals surface area contributed by atoms with Gasteiger partial charge in [0, 0.05) is 59.0 Å². The molecule has 0 aliphatic carbocycles. The van der Waals surface area contributed by atoms with Crippen molar-refractivity contribution in [2.75, 3.05) is 43.8 Å². The zero-order valence-electron chi connectivity index (χ0n) is 30.9. The summed E-state index contributed by atoms with van der Waals surface area (Å²) in [5.74, 6) is -1.12. The van der Waals surface area contributed by atoms with Crippen molar-refractivity contribution in [2.45, 2.75) is 72.1 Å². The number of para-hydroxylation sites is 2. The Morgan fingerprint density at radius 3 is 1.41 bits per heavy atom. The van der Waals surface area contributed by atoms with Crippen LogP contribution in [0.15, 0.2) is 84.9 Å². The fourth-order valence-corrected chi connectivity index (χ4v) is 5.95. The molecule has 0 aliphatic heterocycles. The third-order valence-electron chi connectivity index (χ3n) is 8.02. The summed E-state index contributed by atoms with van der Waals surface area (Å²) < 4.78 is 49.7. The van der Waals surface area contributed by atoms with Crippen LogP contribution in [0.2, 0.25) is 0 Å². The molecule has 0 amide bonds. The van der Waals surface area contributed by atoms with E-state index >= 15 is 0 Å². The summed E-state index contributed by atoms with van der Waals surface area (Å²) in [5.41, 5.74) is 4.88. The van der Waals surface area contributed by atoms with E-state index in [0.717, 1.165) is 62.9 Å². The number of ketones is 1. The first-order valence-electron chi connectivity index (χ1n) is 18.0. The van der Waals surface area contributed by atoms with Gasteiger partial charge in [0.15, 0.2) is 5.78 Å². The number of hydrogen-bond acceptors (Lipinski definition) is 10. The summed E-state index contributed by atoms with van der Waals surface area (Å²) in [6, 6.07) is 24.9. The number of carbonyl (C=O) groups is 2. The van der Waals surface area contributed by atoms with Gasteiger partial charge in [0.1, 0.15) is 0 Å². The zero-order chi connectivity index (χ0) is 39.3. The van der Waals surface area contributed by atoms with Crippen molar-refractivity contribution in [1.29, 1.82) is 0 Å². The molecule has 15 heteroatoms. The molecule has 0 heterocycles. The molecule has 0 bridgehead atoms. The number of nitrogens with one attached hydrogen (secondary N) is 6. The molecule has 0 fully saturated rings. The zero-order valence-corrected chi connectivity index (χ0v) is 32.5. The van der Waals surface area contributed by atoms with Gasteiger partial charge in [0.05, 0.1) is 39.7 Å². The molecule has 4 aromatic carbocycles. The van der Waals surface area contributed by atoms with Gasteiger partial charge < -0.3 is 44.9 Å². The number of benzene rings is 4. The third kappa shape index (κ3) is 14.8. The van der Waals surface area contributed by atoms with Crippen LogP contribution in [-0.4, -0.2) is 47.5 Å². The van der Waals surface area contributed by atoms with E-state index in [9.17, 15) is 32.2 Å². The summed E-state index contributed by atoms with van der Waals surface area (Å²) in [4.78, 5) is 24.0. The van der Waals surface area contributed by atoms with Gasteiger partial charge in [-0.05, 0) is 67.8 Å². The quantitative estimate of drug-likeness (QED) is 0.0227. The maximum atomic E-state index is 12.7. The molecule has 4 aromatic rings. The van der Waals surface area contributed by atoms with Gasteiger partial charge in [-0.15, -0.1) is 0 Å². The summed E-state index contributed by atoms with van der Waals surface area (Å²) in [5, 5.41) is 22.3. The Bertz CT molecular complexity index is 1830. The largest absolute Gasteiger partial charge is 0.755 e. The van der Waals surface area contributed by atoms with Gasteiger partial charge >= 0.3 is 5.97 Å². The molecular formula is C39H50N6O7S2-2. The van der Waals surface area contributed by atoms with Crippen molar-refractivity contribution in [2.24, 2.45) is 0 Å². The van der Waals surface area contributed by atoms with E-state index in [4.69, 9.17) is 0 Å². The summed E-state index contributed by atoms with van der Waals surface area (Å²) in [7, 11) is 0. The van der Waals surface area contributed by atoms with E-state index < -0.39 is 28.5 Å². The number of rotatable bonds is 22. The van der Waals surface area contributed by atoms with Crippen LogP contribution in [0.4, 0.5) is 45.5 Å². The number of carbonyl (C=O) groups excluding carboxylic acids is 1. The van der Waals surface area contributed by atoms with Crippen molar-refractivity contribution >= 4 is 79.8 Å². The highest BCUT2D eigenvalue weighted by Crippen LogP contribution is 2.37. The molecule has 0 radical (unpaired) electrons. The maximum absolute atomic E-state index is 12.7. The molecule has 0 aromatic heterocycles. The SMILES string of the molecule is CCCCCC(=O)c1cc(NCCCC)c(Nc2ccccc2)c(NS(=O)[O-])c1.CCCCNc1cc(C(=O)O)cc(NS(=O)[O-])c1Nc1ccccc1. The molecule has 0 aliphatic rings. The second-order valence-electron chi connectivity index (χ2n) is 12.3. The highest BCUT2D eigenvalue weighted by Gasteiger charge is 2.17. The predicted octanol–water partition coefficient (Wildman–Crippen LogP) is 9.16. The van der Waals surface area contributed by atoms with E-state index in [-0.39, 0.29) is 17.0 Å². The van der Waals surface area contributed by atoms with E-state index in [1.54, 1.807) is 6.07 Å². The van der Waals surface area contributed by atoms with Gasteiger partial charge in [0.25, 0.3) is 0 Å². The lowest BCUT2D eigenvalue weighted by Gasteiger charge is -2.21. The number of anilines is 8. The van der Waals surface area contributed by atoms with Crippen molar-refractivity contribution < 1.29 is 32.2 Å². The molecule has 0 spiro atoms. The van der Waals surface area contributed by atoms with E-state index in [1.807, 2.05) is 73.7 Å². The van der Waals surface area contributed by atoms with Crippen LogP contribution in [0, 0.1) is 0 Å². The Morgan fingerprint density at radius 2 is 1.00 bits per heavy atom. The topological polar surface area (TPSA) is 207 Å². The second kappa shape index (κ2) is 23.7. The second-order valence-corrected chi connectivity index (χ2v) is 13.6. The Kier molecular flexibility index (Phi) is 19.0. The highest BCUT2D eigenvalue weighted by molar-refractivity contribution is 7.80. The molecule has 2 unspecified atom stereocenters. The number of unbranched alkanes of at least 4 members (excludes halogenated alkanes) is 4. The summed E-state index contributed by atoms with van der Waals surface area (Å²) in [6.07, 6.45) is 7.19. The minimum absolute atomic E-state index is 0.00874. The molecule has 13 nitrogen and oxygen atoms in total. The van der Waals surface area contributed by atoms with Crippen LogP contribution in [0.3, 0.4) is 0 Å². The first-order valence-corrected chi connectivity index (χ1v) is 20.2. The minimum atomic E-state index is -2.58. The van der Waals surface area contributed by atoms with Gasteiger partial charge in [-0.25, -0.2) is 4.79 Å². The van der Waals surface area contributed by atoms with E-state index in [1.165, 1.54) is 12.1 Å². The van der Waals surface area contributed by atoms with Crippen molar-refractivity contribution in [3.05, 3.63) is 96.1 Å². The van der Waals surface area contributed by atoms with Gasteiger partial charge in [-0.1, -0.05) is 82.9 Å². The molecule has 2 atom stereocenters. The van der Waals surface area contributed by atoms with Crippen LogP contribution in [0.25, 0.3) is 0 Å². The number of hydrogen-bond donors (Lipinski definition) is 7. The van der Waals surface area contributed by atoms with Crippen molar-refractivity contribution in [3.8, 4) is 0 Å². The van der Waals surface area contributed by atoms with Crippen LogP contribution in [0.5, 0.6) is 0 Å². The monoisotopic (exact) mass is 778 g/mol. The first kappa shape index (κ1) is 43.4. The molecule has 7 N–H and O–H groups in total. The number of aromatic carboxylic acids is 1. The molecule has 0 saturated heterocycles. The van der Waals surface area contributed by atoms with Gasteiger partial charge in [-0.2, -0.15) is 0 Å². The van der Waals surface area contributed by atoms with Crippen LogP contribution >= 0.6 is 0 Å². The third-order valence-corrected chi connectivity index (χ3v) is 8.79. The summed E-state index contributed by atoms with van der Waals surface area (Å²) >= 11 is -5.09. The molecule has 54 heavy (non-hydrogen) atoms.